The number of carbonyl (C=O) groups is 1. The first kappa shape index (κ1) is 15.1. The molecule has 1 saturated carbocycles. The van der Waals surface area contributed by atoms with Gasteiger partial charge in [0.2, 0.25) is 5.91 Å². The molecule has 1 aromatic rings. The van der Waals surface area contributed by atoms with E-state index in [1.165, 1.54) is 6.42 Å². The van der Waals surface area contributed by atoms with Crippen LogP contribution in [0.1, 0.15) is 51.1 Å². The van der Waals surface area contributed by atoms with E-state index in [1.807, 2.05) is 33.0 Å². The molecule has 4 nitrogen and oxygen atoms in total. The maximum atomic E-state index is 12.4. The molecule has 1 aliphatic rings. The average molecular weight is 278 g/mol. The van der Waals surface area contributed by atoms with E-state index in [-0.39, 0.29) is 5.91 Å². The van der Waals surface area contributed by atoms with Crippen molar-refractivity contribution in [2.24, 2.45) is 17.1 Å². The lowest BCUT2D eigenvalue weighted by Gasteiger charge is -2.30. The summed E-state index contributed by atoms with van der Waals surface area (Å²) in [5.41, 5.74) is 5.27. The van der Waals surface area contributed by atoms with E-state index in [0.29, 0.717) is 19.0 Å². The SMILES string of the molecule is CCC(C)(CN)C(=O)N(C)Cc1ccc(C2CC2C)o1. The second-order valence-corrected chi connectivity index (χ2v) is 6.40. The molecule has 0 aliphatic heterocycles. The van der Waals surface area contributed by atoms with E-state index in [1.54, 1.807) is 4.90 Å². The van der Waals surface area contributed by atoms with Crippen LogP contribution in [-0.4, -0.2) is 24.4 Å². The second kappa shape index (κ2) is 5.60. The van der Waals surface area contributed by atoms with Gasteiger partial charge in [-0.15, -0.1) is 0 Å². The van der Waals surface area contributed by atoms with Crippen molar-refractivity contribution in [3.05, 3.63) is 23.7 Å². The summed E-state index contributed by atoms with van der Waals surface area (Å²) in [6.07, 6.45) is 1.96. The monoisotopic (exact) mass is 278 g/mol. The topological polar surface area (TPSA) is 59.5 Å². The normalized spacial score (nSPS) is 24.2. The highest BCUT2D eigenvalue weighted by Crippen LogP contribution is 2.47. The summed E-state index contributed by atoms with van der Waals surface area (Å²) in [4.78, 5) is 14.2. The molecule has 0 radical (unpaired) electrons. The van der Waals surface area contributed by atoms with Crippen molar-refractivity contribution in [3.63, 3.8) is 0 Å². The van der Waals surface area contributed by atoms with Gasteiger partial charge in [-0.25, -0.2) is 0 Å². The summed E-state index contributed by atoms with van der Waals surface area (Å²) < 4.78 is 5.85. The number of amides is 1. The van der Waals surface area contributed by atoms with Gasteiger partial charge in [0.25, 0.3) is 0 Å². The quantitative estimate of drug-likeness (QED) is 0.870. The predicted octanol–water partition coefficient (Wildman–Crippen LogP) is 2.74. The maximum absolute atomic E-state index is 12.4. The molecule has 1 amide bonds. The number of nitrogens with zero attached hydrogens (tertiary/aromatic N) is 1. The Bertz CT molecular complexity index is 477. The van der Waals surface area contributed by atoms with E-state index in [4.69, 9.17) is 10.2 Å². The van der Waals surface area contributed by atoms with Gasteiger partial charge in [-0.1, -0.05) is 13.8 Å². The Morgan fingerprint density at radius 3 is 2.70 bits per heavy atom. The van der Waals surface area contributed by atoms with Crippen LogP contribution in [0.2, 0.25) is 0 Å². The first-order valence-corrected chi connectivity index (χ1v) is 7.45. The first-order chi connectivity index (χ1) is 9.41. The Balaban J connectivity index is 1.98. The fourth-order valence-electron chi connectivity index (χ4n) is 2.55. The smallest absolute Gasteiger partial charge is 0.229 e. The van der Waals surface area contributed by atoms with Crippen LogP contribution in [0, 0.1) is 11.3 Å². The van der Waals surface area contributed by atoms with Crippen LogP contribution < -0.4 is 5.73 Å². The van der Waals surface area contributed by atoms with Crippen molar-refractivity contribution >= 4 is 5.91 Å². The number of furan rings is 1. The van der Waals surface area contributed by atoms with Crippen molar-refractivity contribution in [2.75, 3.05) is 13.6 Å². The van der Waals surface area contributed by atoms with Gasteiger partial charge in [0.1, 0.15) is 11.5 Å². The molecule has 0 saturated heterocycles. The van der Waals surface area contributed by atoms with E-state index >= 15 is 0 Å². The predicted molar refractivity (Wildman–Crippen MR) is 79.2 cm³/mol. The number of carbonyl (C=O) groups excluding carboxylic acids is 1. The third-order valence-corrected chi connectivity index (χ3v) is 4.64. The molecule has 1 fully saturated rings. The Labute approximate surface area is 121 Å². The zero-order chi connectivity index (χ0) is 14.9. The largest absolute Gasteiger partial charge is 0.464 e. The first-order valence-electron chi connectivity index (χ1n) is 7.45. The van der Waals surface area contributed by atoms with Gasteiger partial charge in [0.15, 0.2) is 0 Å². The van der Waals surface area contributed by atoms with Crippen molar-refractivity contribution < 1.29 is 9.21 Å². The molecular formula is C16H26N2O2. The van der Waals surface area contributed by atoms with Crippen molar-refractivity contribution in [1.29, 1.82) is 0 Å². The highest BCUT2D eigenvalue weighted by atomic mass is 16.3. The lowest BCUT2D eigenvalue weighted by atomic mass is 9.86. The molecule has 2 N–H and O–H groups in total. The Morgan fingerprint density at radius 2 is 2.20 bits per heavy atom. The molecule has 112 valence electrons. The Kier molecular flexibility index (Phi) is 4.23. The highest BCUT2D eigenvalue weighted by Gasteiger charge is 2.37. The van der Waals surface area contributed by atoms with Crippen LogP contribution in [0.5, 0.6) is 0 Å². The Hall–Kier alpha value is -1.29. The number of nitrogens with two attached hydrogens (primary N) is 1. The molecule has 1 aliphatic carbocycles. The molecule has 1 aromatic heterocycles. The van der Waals surface area contributed by atoms with Gasteiger partial charge in [-0.3, -0.25) is 4.79 Å². The van der Waals surface area contributed by atoms with E-state index < -0.39 is 5.41 Å². The summed E-state index contributed by atoms with van der Waals surface area (Å²) in [5, 5.41) is 0. The van der Waals surface area contributed by atoms with Crippen LogP contribution in [-0.2, 0) is 11.3 Å². The van der Waals surface area contributed by atoms with Gasteiger partial charge in [0, 0.05) is 19.5 Å². The molecule has 0 aromatic carbocycles. The van der Waals surface area contributed by atoms with E-state index in [0.717, 1.165) is 23.9 Å². The fourth-order valence-corrected chi connectivity index (χ4v) is 2.55. The minimum absolute atomic E-state index is 0.0836. The minimum Gasteiger partial charge on any atom is -0.464 e. The van der Waals surface area contributed by atoms with Crippen LogP contribution in [0.3, 0.4) is 0 Å². The molecule has 3 unspecified atom stereocenters. The summed E-state index contributed by atoms with van der Waals surface area (Å²) in [7, 11) is 1.81. The van der Waals surface area contributed by atoms with Gasteiger partial charge >= 0.3 is 0 Å². The molecule has 3 atom stereocenters. The molecule has 2 rings (SSSR count). The van der Waals surface area contributed by atoms with Gasteiger partial charge < -0.3 is 15.1 Å². The van der Waals surface area contributed by atoms with Crippen molar-refractivity contribution in [2.45, 2.75) is 46.1 Å². The lowest BCUT2D eigenvalue weighted by molar-refractivity contribution is -0.140. The Morgan fingerprint density at radius 1 is 1.55 bits per heavy atom. The average Bonchev–Trinajstić information content (AvgIpc) is 3.00. The van der Waals surface area contributed by atoms with Crippen LogP contribution >= 0.6 is 0 Å². The third kappa shape index (κ3) is 2.90. The zero-order valence-electron chi connectivity index (χ0n) is 13.0. The zero-order valence-corrected chi connectivity index (χ0v) is 13.0. The number of rotatable bonds is 6. The number of hydrogen-bond donors (Lipinski definition) is 1. The second-order valence-electron chi connectivity index (χ2n) is 6.40. The minimum atomic E-state index is -0.477. The molecular weight excluding hydrogens is 252 g/mol. The van der Waals surface area contributed by atoms with E-state index in [2.05, 4.69) is 6.92 Å². The number of hydrogen-bond acceptors (Lipinski definition) is 3. The van der Waals surface area contributed by atoms with Gasteiger partial charge in [-0.2, -0.15) is 0 Å². The molecule has 1 heterocycles. The molecule has 0 spiro atoms. The highest BCUT2D eigenvalue weighted by molar-refractivity contribution is 5.82. The van der Waals surface area contributed by atoms with Crippen LogP contribution in [0.25, 0.3) is 0 Å². The molecule has 0 bridgehead atoms. The van der Waals surface area contributed by atoms with E-state index in [9.17, 15) is 4.79 Å². The third-order valence-electron chi connectivity index (χ3n) is 4.64. The maximum Gasteiger partial charge on any atom is 0.229 e. The van der Waals surface area contributed by atoms with Gasteiger partial charge in [-0.05, 0) is 37.8 Å². The standard InChI is InChI=1S/C16H26N2O2/c1-5-16(3,10-17)15(19)18(4)9-12-6-7-14(20-12)13-8-11(13)2/h6-7,11,13H,5,8-10,17H2,1-4H3. The fraction of sp³-hybridized carbons (Fsp3) is 0.688. The molecule has 4 heteroatoms. The van der Waals surface area contributed by atoms with Gasteiger partial charge in [0.05, 0.1) is 12.0 Å². The van der Waals surface area contributed by atoms with Crippen molar-refractivity contribution in [1.82, 2.24) is 4.90 Å². The summed E-state index contributed by atoms with van der Waals surface area (Å²) in [5.74, 6) is 3.31. The van der Waals surface area contributed by atoms with Crippen LogP contribution in [0.15, 0.2) is 16.5 Å². The van der Waals surface area contributed by atoms with Crippen molar-refractivity contribution in [3.8, 4) is 0 Å². The lowest BCUT2D eigenvalue weighted by Crippen LogP contribution is -2.44. The summed E-state index contributed by atoms with van der Waals surface area (Å²) in [6, 6.07) is 4.03. The summed E-state index contributed by atoms with van der Waals surface area (Å²) in [6.45, 7) is 7.03. The summed E-state index contributed by atoms with van der Waals surface area (Å²) >= 11 is 0. The van der Waals surface area contributed by atoms with Crippen LogP contribution in [0.4, 0.5) is 0 Å². The molecule has 20 heavy (non-hydrogen) atoms.